The fourth-order valence-corrected chi connectivity index (χ4v) is 2.19. The van der Waals surface area contributed by atoms with Crippen molar-refractivity contribution in [1.29, 1.82) is 0 Å². The zero-order chi connectivity index (χ0) is 16.2. The summed E-state index contributed by atoms with van der Waals surface area (Å²) >= 11 is 6.13. The van der Waals surface area contributed by atoms with Crippen molar-refractivity contribution in [2.24, 2.45) is 0 Å². The van der Waals surface area contributed by atoms with Gasteiger partial charge in [0.2, 0.25) is 5.91 Å². The van der Waals surface area contributed by atoms with Gasteiger partial charge in [0.1, 0.15) is 0 Å². The van der Waals surface area contributed by atoms with Gasteiger partial charge in [-0.05, 0) is 32.4 Å². The predicted octanol–water partition coefficient (Wildman–Crippen LogP) is 4.23. The highest BCUT2D eigenvalue weighted by molar-refractivity contribution is 6.33. The molecule has 1 amide bonds. The first kappa shape index (κ1) is 16.6. The lowest BCUT2D eigenvalue weighted by Gasteiger charge is -2.24. The fraction of sp³-hybridized carbons (Fsp3) is 0.412. The molecule has 1 aromatic carbocycles. The zero-order valence-electron chi connectivity index (χ0n) is 13.1. The third-order valence-electron chi connectivity index (χ3n) is 3.62. The van der Waals surface area contributed by atoms with Crippen LogP contribution in [0.5, 0.6) is 0 Å². The number of hydrogen-bond donors (Lipinski definition) is 1. The molecule has 0 bridgehead atoms. The summed E-state index contributed by atoms with van der Waals surface area (Å²) in [5.74, 6) is 1.17. The number of nitrogens with zero attached hydrogens (tertiary/aromatic N) is 1. The standard InChI is InChI=1S/C17H21ClN2O2/c1-4-17(2,3)20-15(21)9-10-16-19-11-14(22-16)12-7-5-6-8-13(12)18/h5-8,11H,4,9-10H2,1-3H3,(H,20,21). The number of rotatable bonds is 6. The van der Waals surface area contributed by atoms with Gasteiger partial charge in [0.05, 0.1) is 11.2 Å². The second-order valence-corrected chi connectivity index (χ2v) is 6.29. The first-order valence-corrected chi connectivity index (χ1v) is 7.79. The summed E-state index contributed by atoms with van der Waals surface area (Å²) in [5.41, 5.74) is 0.621. The van der Waals surface area contributed by atoms with Crippen LogP contribution in [-0.4, -0.2) is 16.4 Å². The van der Waals surface area contributed by atoms with Crippen LogP contribution in [-0.2, 0) is 11.2 Å². The van der Waals surface area contributed by atoms with Gasteiger partial charge in [-0.25, -0.2) is 4.98 Å². The fourth-order valence-electron chi connectivity index (χ4n) is 1.96. The van der Waals surface area contributed by atoms with E-state index in [-0.39, 0.29) is 11.4 Å². The molecular weight excluding hydrogens is 300 g/mol. The second kappa shape index (κ2) is 6.97. The van der Waals surface area contributed by atoms with Crippen molar-refractivity contribution >= 4 is 17.5 Å². The van der Waals surface area contributed by atoms with Crippen molar-refractivity contribution < 1.29 is 9.21 Å². The Morgan fingerprint density at radius 1 is 1.36 bits per heavy atom. The quantitative estimate of drug-likeness (QED) is 0.866. The minimum absolute atomic E-state index is 0.00402. The lowest BCUT2D eigenvalue weighted by Crippen LogP contribution is -2.42. The Morgan fingerprint density at radius 3 is 2.77 bits per heavy atom. The van der Waals surface area contributed by atoms with Gasteiger partial charge in [0, 0.05) is 23.9 Å². The van der Waals surface area contributed by atoms with Crippen molar-refractivity contribution in [2.45, 2.75) is 45.6 Å². The van der Waals surface area contributed by atoms with Crippen LogP contribution in [0.3, 0.4) is 0 Å². The van der Waals surface area contributed by atoms with E-state index in [1.807, 2.05) is 39.0 Å². The molecule has 1 aromatic heterocycles. The molecule has 0 saturated heterocycles. The zero-order valence-corrected chi connectivity index (χ0v) is 13.9. The molecule has 5 heteroatoms. The molecule has 118 valence electrons. The first-order valence-electron chi connectivity index (χ1n) is 7.42. The van der Waals surface area contributed by atoms with Crippen LogP contribution < -0.4 is 5.32 Å². The molecule has 1 heterocycles. The van der Waals surface area contributed by atoms with Gasteiger partial charge >= 0.3 is 0 Å². The molecule has 2 aromatic rings. The largest absolute Gasteiger partial charge is 0.441 e. The third kappa shape index (κ3) is 4.34. The van der Waals surface area contributed by atoms with Crippen molar-refractivity contribution in [3.05, 3.63) is 41.4 Å². The van der Waals surface area contributed by atoms with Crippen LogP contribution >= 0.6 is 11.6 Å². The summed E-state index contributed by atoms with van der Waals surface area (Å²) in [6, 6.07) is 7.44. The summed E-state index contributed by atoms with van der Waals surface area (Å²) in [7, 11) is 0. The van der Waals surface area contributed by atoms with Crippen LogP contribution in [0.15, 0.2) is 34.9 Å². The smallest absolute Gasteiger partial charge is 0.220 e. The molecule has 0 aliphatic heterocycles. The lowest BCUT2D eigenvalue weighted by molar-refractivity contribution is -0.122. The molecule has 0 aliphatic carbocycles. The second-order valence-electron chi connectivity index (χ2n) is 5.88. The molecule has 4 nitrogen and oxygen atoms in total. The summed E-state index contributed by atoms with van der Waals surface area (Å²) < 4.78 is 5.68. The molecule has 0 spiro atoms. The normalized spacial score (nSPS) is 11.5. The van der Waals surface area contributed by atoms with E-state index >= 15 is 0 Å². The van der Waals surface area contributed by atoms with Crippen molar-refractivity contribution in [3.8, 4) is 11.3 Å². The predicted molar refractivity (Wildman–Crippen MR) is 87.8 cm³/mol. The molecular formula is C17H21ClN2O2. The van der Waals surface area contributed by atoms with Gasteiger partial charge in [-0.3, -0.25) is 4.79 Å². The molecule has 0 unspecified atom stereocenters. The van der Waals surface area contributed by atoms with Gasteiger partial charge < -0.3 is 9.73 Å². The SMILES string of the molecule is CCC(C)(C)NC(=O)CCc1ncc(-c2ccccc2Cl)o1. The van der Waals surface area contributed by atoms with E-state index < -0.39 is 0 Å². The molecule has 2 rings (SSSR count). The Morgan fingerprint density at radius 2 is 2.09 bits per heavy atom. The van der Waals surface area contributed by atoms with Crippen molar-refractivity contribution in [2.75, 3.05) is 0 Å². The molecule has 0 atom stereocenters. The minimum Gasteiger partial charge on any atom is -0.441 e. The average Bonchev–Trinajstić information content (AvgIpc) is 2.94. The topological polar surface area (TPSA) is 55.1 Å². The van der Waals surface area contributed by atoms with Gasteiger partial charge in [-0.15, -0.1) is 0 Å². The third-order valence-corrected chi connectivity index (χ3v) is 3.95. The van der Waals surface area contributed by atoms with E-state index in [1.165, 1.54) is 0 Å². The number of halogens is 1. The highest BCUT2D eigenvalue weighted by Gasteiger charge is 2.18. The van der Waals surface area contributed by atoms with Crippen LogP contribution in [0.1, 0.15) is 39.5 Å². The molecule has 0 aliphatic rings. The van der Waals surface area contributed by atoms with E-state index in [2.05, 4.69) is 10.3 Å². The summed E-state index contributed by atoms with van der Waals surface area (Å²) in [6.45, 7) is 6.06. The Bertz CT molecular complexity index is 650. The maximum atomic E-state index is 11.9. The number of benzene rings is 1. The Hall–Kier alpha value is -1.81. The highest BCUT2D eigenvalue weighted by Crippen LogP contribution is 2.28. The monoisotopic (exact) mass is 320 g/mol. The first-order chi connectivity index (χ1) is 10.4. The number of carbonyl (C=O) groups is 1. The van der Waals surface area contributed by atoms with Crippen molar-refractivity contribution in [3.63, 3.8) is 0 Å². The minimum atomic E-state index is -0.184. The van der Waals surface area contributed by atoms with Crippen LogP contribution in [0.4, 0.5) is 0 Å². The molecule has 0 saturated carbocycles. The van der Waals surface area contributed by atoms with Gasteiger partial charge in [0.25, 0.3) is 0 Å². The maximum Gasteiger partial charge on any atom is 0.220 e. The molecule has 22 heavy (non-hydrogen) atoms. The van der Waals surface area contributed by atoms with E-state index in [0.29, 0.717) is 29.5 Å². The number of aromatic nitrogens is 1. The highest BCUT2D eigenvalue weighted by atomic mass is 35.5. The number of oxazole rings is 1. The molecule has 0 fully saturated rings. The van der Waals surface area contributed by atoms with Gasteiger partial charge in [-0.1, -0.05) is 30.7 Å². The average molecular weight is 321 g/mol. The number of hydrogen-bond acceptors (Lipinski definition) is 3. The van der Waals surface area contributed by atoms with Gasteiger partial charge in [-0.2, -0.15) is 0 Å². The number of nitrogens with one attached hydrogen (secondary N) is 1. The molecule has 0 radical (unpaired) electrons. The molecule has 1 N–H and O–H groups in total. The van der Waals surface area contributed by atoms with Crippen LogP contribution in [0.2, 0.25) is 5.02 Å². The van der Waals surface area contributed by atoms with E-state index in [0.717, 1.165) is 12.0 Å². The van der Waals surface area contributed by atoms with Crippen molar-refractivity contribution in [1.82, 2.24) is 10.3 Å². The Balaban J connectivity index is 1.96. The van der Waals surface area contributed by atoms with E-state index in [9.17, 15) is 4.79 Å². The van der Waals surface area contributed by atoms with Crippen LogP contribution in [0, 0.1) is 0 Å². The Labute approximate surface area is 135 Å². The summed E-state index contributed by atoms with van der Waals surface area (Å²) in [4.78, 5) is 16.1. The van der Waals surface area contributed by atoms with E-state index in [1.54, 1.807) is 12.3 Å². The maximum absolute atomic E-state index is 11.9. The van der Waals surface area contributed by atoms with Crippen LogP contribution in [0.25, 0.3) is 11.3 Å². The number of aryl methyl sites for hydroxylation is 1. The Kier molecular flexibility index (Phi) is 5.24. The van der Waals surface area contributed by atoms with Gasteiger partial charge in [0.15, 0.2) is 11.7 Å². The summed E-state index contributed by atoms with van der Waals surface area (Å²) in [6.07, 6.45) is 3.35. The lowest BCUT2D eigenvalue weighted by atomic mass is 10.0. The number of carbonyl (C=O) groups excluding carboxylic acids is 1. The summed E-state index contributed by atoms with van der Waals surface area (Å²) in [5, 5.41) is 3.61. The number of amides is 1. The van der Waals surface area contributed by atoms with E-state index in [4.69, 9.17) is 16.0 Å².